The van der Waals surface area contributed by atoms with E-state index in [4.69, 9.17) is 0 Å². The fourth-order valence-corrected chi connectivity index (χ4v) is 4.74. The fraction of sp³-hybridized carbons (Fsp3) is 0.391. The molecule has 3 aromatic rings. The second kappa shape index (κ2) is 9.71. The van der Waals surface area contributed by atoms with Crippen LogP contribution in [0.15, 0.2) is 53.7 Å². The molecule has 0 aliphatic carbocycles. The van der Waals surface area contributed by atoms with E-state index in [-0.39, 0.29) is 5.25 Å². The first-order valence-electron chi connectivity index (χ1n) is 10.4. The minimum atomic E-state index is -0.827. The summed E-state index contributed by atoms with van der Waals surface area (Å²) in [5, 5.41) is 9.68. The quantitative estimate of drug-likeness (QED) is 0.469. The molecule has 1 saturated heterocycles. The molecule has 1 aliphatic rings. The van der Waals surface area contributed by atoms with Crippen molar-refractivity contribution in [2.75, 3.05) is 13.1 Å². The van der Waals surface area contributed by atoms with Crippen LogP contribution in [-0.2, 0) is 13.1 Å². The molecule has 30 heavy (non-hydrogen) atoms. The predicted octanol–water partition coefficient (Wildman–Crippen LogP) is 5.44. The van der Waals surface area contributed by atoms with Crippen LogP contribution in [0.25, 0.3) is 0 Å². The number of piperidine rings is 1. The smallest absolute Gasteiger partial charge is 0.192 e. The van der Waals surface area contributed by atoms with Crippen LogP contribution in [0.4, 0.5) is 8.78 Å². The van der Waals surface area contributed by atoms with Gasteiger partial charge in [-0.05, 0) is 56.1 Å². The van der Waals surface area contributed by atoms with Gasteiger partial charge in [-0.3, -0.25) is 4.90 Å². The van der Waals surface area contributed by atoms with Gasteiger partial charge in [0.25, 0.3) is 0 Å². The average Bonchev–Trinajstić information content (AvgIpc) is 3.12. The summed E-state index contributed by atoms with van der Waals surface area (Å²) in [6, 6.07) is 14.3. The van der Waals surface area contributed by atoms with Crippen molar-refractivity contribution in [3.8, 4) is 0 Å². The summed E-state index contributed by atoms with van der Waals surface area (Å²) >= 11 is 1.52. The number of halogens is 2. The molecule has 2 aromatic carbocycles. The molecular weight excluding hydrogens is 402 g/mol. The lowest BCUT2D eigenvalue weighted by atomic mass is 10.1. The maximum atomic E-state index is 13.7. The van der Waals surface area contributed by atoms with E-state index in [9.17, 15) is 8.78 Å². The van der Waals surface area contributed by atoms with Crippen LogP contribution in [0.1, 0.15) is 48.4 Å². The van der Waals surface area contributed by atoms with Gasteiger partial charge in [-0.25, -0.2) is 8.78 Å². The Morgan fingerprint density at radius 2 is 1.70 bits per heavy atom. The van der Waals surface area contributed by atoms with Crippen LogP contribution in [0.2, 0.25) is 0 Å². The zero-order valence-corrected chi connectivity index (χ0v) is 17.9. The minimum Gasteiger partial charge on any atom is -0.300 e. The summed E-state index contributed by atoms with van der Waals surface area (Å²) in [5.74, 6) is -0.704. The molecular formula is C23H26F2N4S. The van der Waals surface area contributed by atoms with Crippen molar-refractivity contribution in [3.05, 3.63) is 77.1 Å². The Labute approximate surface area is 180 Å². The van der Waals surface area contributed by atoms with Crippen LogP contribution >= 0.6 is 11.8 Å². The van der Waals surface area contributed by atoms with Gasteiger partial charge >= 0.3 is 0 Å². The Bertz CT molecular complexity index is 971. The average molecular weight is 429 g/mol. The summed E-state index contributed by atoms with van der Waals surface area (Å²) in [6.45, 7) is 5.62. The van der Waals surface area contributed by atoms with Crippen LogP contribution in [0.5, 0.6) is 0 Å². The van der Waals surface area contributed by atoms with Crippen LogP contribution < -0.4 is 0 Å². The zero-order chi connectivity index (χ0) is 20.9. The highest BCUT2D eigenvalue weighted by atomic mass is 32.2. The molecule has 1 aromatic heterocycles. The van der Waals surface area contributed by atoms with Crippen molar-refractivity contribution < 1.29 is 8.78 Å². The summed E-state index contributed by atoms with van der Waals surface area (Å²) < 4.78 is 29.2. The van der Waals surface area contributed by atoms with Crippen LogP contribution in [0, 0.1) is 11.6 Å². The third-order valence-electron chi connectivity index (χ3n) is 5.49. The molecule has 0 saturated carbocycles. The maximum Gasteiger partial charge on any atom is 0.192 e. The maximum absolute atomic E-state index is 13.7. The monoisotopic (exact) mass is 428 g/mol. The number of likely N-dealkylation sites (tertiary alicyclic amines) is 1. The molecule has 0 unspecified atom stereocenters. The first kappa shape index (κ1) is 21.0. The Hall–Kier alpha value is -2.25. The van der Waals surface area contributed by atoms with Crippen molar-refractivity contribution in [1.82, 2.24) is 19.7 Å². The standard InChI is InChI=1S/C23H26F2N4S/c1-17(19-10-11-20(24)21(25)14-19)30-23-27-26-22(16-28-12-6-3-7-13-28)29(23)15-18-8-4-2-5-9-18/h2,4-5,8-11,14,17H,3,6-7,12-13,15-16H2,1H3/t17-/m1/s1. The third-order valence-corrected chi connectivity index (χ3v) is 6.62. The lowest BCUT2D eigenvalue weighted by molar-refractivity contribution is 0.213. The van der Waals surface area contributed by atoms with E-state index in [1.165, 1.54) is 48.7 Å². The topological polar surface area (TPSA) is 34.0 Å². The zero-order valence-electron chi connectivity index (χ0n) is 17.1. The molecule has 1 atom stereocenters. The second-order valence-electron chi connectivity index (χ2n) is 7.74. The predicted molar refractivity (Wildman–Crippen MR) is 115 cm³/mol. The number of hydrogen-bond donors (Lipinski definition) is 0. The third kappa shape index (κ3) is 5.08. The molecule has 4 nitrogen and oxygen atoms in total. The molecule has 0 bridgehead atoms. The largest absolute Gasteiger partial charge is 0.300 e. The number of thioether (sulfide) groups is 1. The Balaban J connectivity index is 1.58. The lowest BCUT2D eigenvalue weighted by Crippen LogP contribution is -2.30. The van der Waals surface area contributed by atoms with Gasteiger partial charge in [-0.2, -0.15) is 0 Å². The number of hydrogen-bond acceptors (Lipinski definition) is 4. The molecule has 0 radical (unpaired) electrons. The molecule has 1 fully saturated rings. The molecule has 2 heterocycles. The van der Waals surface area contributed by atoms with Crippen molar-refractivity contribution >= 4 is 11.8 Å². The summed E-state index contributed by atoms with van der Waals surface area (Å²) in [4.78, 5) is 2.43. The van der Waals surface area contributed by atoms with Gasteiger partial charge in [0.05, 0.1) is 13.1 Å². The summed E-state index contributed by atoms with van der Waals surface area (Å²) in [7, 11) is 0. The second-order valence-corrected chi connectivity index (χ2v) is 9.05. The number of benzene rings is 2. The molecule has 1 aliphatic heterocycles. The Morgan fingerprint density at radius 3 is 2.43 bits per heavy atom. The highest BCUT2D eigenvalue weighted by molar-refractivity contribution is 7.99. The van der Waals surface area contributed by atoms with E-state index in [1.807, 2.05) is 25.1 Å². The highest BCUT2D eigenvalue weighted by Crippen LogP contribution is 2.35. The van der Waals surface area contributed by atoms with Crippen LogP contribution in [0.3, 0.4) is 0 Å². The summed E-state index contributed by atoms with van der Waals surface area (Å²) in [5.41, 5.74) is 1.91. The van der Waals surface area contributed by atoms with E-state index in [1.54, 1.807) is 6.07 Å². The fourth-order valence-electron chi connectivity index (χ4n) is 3.76. The number of aromatic nitrogens is 3. The van der Waals surface area contributed by atoms with E-state index in [2.05, 4.69) is 31.8 Å². The van der Waals surface area contributed by atoms with E-state index in [0.29, 0.717) is 6.54 Å². The molecule has 4 rings (SSSR count). The van der Waals surface area contributed by atoms with Gasteiger partial charge in [0.2, 0.25) is 0 Å². The van der Waals surface area contributed by atoms with Gasteiger partial charge in [0, 0.05) is 5.25 Å². The van der Waals surface area contributed by atoms with Crippen molar-refractivity contribution in [3.63, 3.8) is 0 Å². The van der Waals surface area contributed by atoms with Crippen LogP contribution in [-0.4, -0.2) is 32.8 Å². The molecule has 7 heteroatoms. The highest BCUT2D eigenvalue weighted by Gasteiger charge is 2.20. The normalized spacial score (nSPS) is 16.0. The van der Waals surface area contributed by atoms with Gasteiger partial charge in [0.1, 0.15) is 5.82 Å². The minimum absolute atomic E-state index is 0.0818. The first-order chi connectivity index (χ1) is 14.6. The molecule has 0 amide bonds. The summed E-state index contributed by atoms with van der Waals surface area (Å²) in [6.07, 6.45) is 3.74. The van der Waals surface area contributed by atoms with Gasteiger partial charge in [-0.15, -0.1) is 10.2 Å². The lowest BCUT2D eigenvalue weighted by Gasteiger charge is -2.26. The Kier molecular flexibility index (Phi) is 6.79. The van der Waals surface area contributed by atoms with E-state index >= 15 is 0 Å². The van der Waals surface area contributed by atoms with Crippen molar-refractivity contribution in [2.45, 2.75) is 49.7 Å². The number of rotatable bonds is 7. The van der Waals surface area contributed by atoms with Crippen molar-refractivity contribution in [1.29, 1.82) is 0 Å². The molecule has 0 spiro atoms. The van der Waals surface area contributed by atoms with Crippen molar-refractivity contribution in [2.24, 2.45) is 0 Å². The van der Waals surface area contributed by atoms with Gasteiger partial charge < -0.3 is 4.57 Å². The molecule has 0 N–H and O–H groups in total. The first-order valence-corrected chi connectivity index (χ1v) is 11.3. The number of nitrogens with zero attached hydrogens (tertiary/aromatic N) is 4. The van der Waals surface area contributed by atoms with Gasteiger partial charge in [-0.1, -0.05) is 54.6 Å². The van der Waals surface area contributed by atoms with E-state index < -0.39 is 11.6 Å². The molecule has 158 valence electrons. The SMILES string of the molecule is C[C@@H](Sc1nnc(CN2CCCCC2)n1Cc1ccccc1)c1ccc(F)c(F)c1. The van der Waals surface area contributed by atoms with E-state index in [0.717, 1.165) is 36.2 Å². The van der Waals surface area contributed by atoms with Gasteiger partial charge in [0.15, 0.2) is 16.8 Å². The Morgan fingerprint density at radius 1 is 0.933 bits per heavy atom.